The Morgan fingerprint density at radius 2 is 2.29 bits per heavy atom. The number of thiophene rings is 1. The molecule has 1 amide bonds. The number of sulfonamides is 1. The maximum Gasteiger partial charge on any atom is 0.253 e. The van der Waals surface area contributed by atoms with E-state index in [9.17, 15) is 18.3 Å². The van der Waals surface area contributed by atoms with Crippen LogP contribution in [-0.4, -0.2) is 49.0 Å². The van der Waals surface area contributed by atoms with Crippen LogP contribution < -0.4 is 5.32 Å². The first-order valence-electron chi connectivity index (χ1n) is 6.86. The molecule has 0 spiro atoms. The van der Waals surface area contributed by atoms with Gasteiger partial charge in [0.05, 0.1) is 6.10 Å². The van der Waals surface area contributed by atoms with Crippen LogP contribution in [0.5, 0.6) is 0 Å². The van der Waals surface area contributed by atoms with Gasteiger partial charge in [0.2, 0.25) is 5.91 Å². The number of carbonyl (C=O) groups is 1. The molecule has 2 heterocycles. The molecule has 2 N–H and O–H groups in total. The van der Waals surface area contributed by atoms with Crippen molar-refractivity contribution in [2.75, 3.05) is 13.1 Å². The van der Waals surface area contributed by atoms with E-state index >= 15 is 0 Å². The lowest BCUT2D eigenvalue weighted by molar-refractivity contribution is -0.124. The maximum atomic E-state index is 12.6. The summed E-state index contributed by atoms with van der Waals surface area (Å²) in [5, 5.41) is 11.8. The van der Waals surface area contributed by atoms with Crippen LogP contribution in [-0.2, 0) is 14.8 Å². The lowest BCUT2D eigenvalue weighted by Crippen LogP contribution is -2.47. The second kappa shape index (κ2) is 6.43. The predicted molar refractivity (Wildman–Crippen MR) is 80.7 cm³/mol. The van der Waals surface area contributed by atoms with Gasteiger partial charge in [-0.3, -0.25) is 4.79 Å². The van der Waals surface area contributed by atoms with Crippen molar-refractivity contribution < 1.29 is 18.3 Å². The number of hydrogen-bond acceptors (Lipinski definition) is 5. The minimum atomic E-state index is -3.62. The smallest absolute Gasteiger partial charge is 0.253 e. The molecule has 2 atom stereocenters. The van der Waals surface area contributed by atoms with Crippen molar-refractivity contribution in [2.24, 2.45) is 0 Å². The summed E-state index contributed by atoms with van der Waals surface area (Å²) in [5.41, 5.74) is 0. The first kappa shape index (κ1) is 16.4. The van der Waals surface area contributed by atoms with Gasteiger partial charge in [-0.15, -0.1) is 11.3 Å². The molecule has 0 bridgehead atoms. The normalized spacial score (nSPS) is 21.4. The number of rotatable bonds is 5. The molecule has 0 aromatic carbocycles. The Bertz CT molecular complexity index is 609. The van der Waals surface area contributed by atoms with Gasteiger partial charge < -0.3 is 10.4 Å². The van der Waals surface area contributed by atoms with Crippen molar-refractivity contribution in [3.63, 3.8) is 0 Å². The molecular formula is C13H20N2O4S2. The molecule has 8 heteroatoms. The van der Waals surface area contributed by atoms with Gasteiger partial charge in [0.1, 0.15) is 10.3 Å². The Kier molecular flexibility index (Phi) is 5.03. The molecule has 1 saturated heterocycles. The summed E-state index contributed by atoms with van der Waals surface area (Å²) < 4.78 is 26.8. The number of aliphatic hydroxyl groups excluding tert-OH is 1. The standard InChI is InChI=1S/C13H20N2O4S2/c1-9(16)8-14-13(17)11-4-3-7-15(11)21(18,19)12-6-5-10(2)20-12/h5-6,9,11,16H,3-4,7-8H2,1-2H3,(H,14,17). The zero-order valence-electron chi connectivity index (χ0n) is 12.1. The third-order valence-corrected chi connectivity index (χ3v) is 6.73. The van der Waals surface area contributed by atoms with Crippen molar-refractivity contribution >= 4 is 27.3 Å². The van der Waals surface area contributed by atoms with Crippen molar-refractivity contribution in [2.45, 2.75) is 43.0 Å². The first-order chi connectivity index (χ1) is 9.82. The molecule has 2 unspecified atom stereocenters. The molecule has 118 valence electrons. The van der Waals surface area contributed by atoms with Crippen LogP contribution in [0.2, 0.25) is 0 Å². The fourth-order valence-corrected chi connectivity index (χ4v) is 5.39. The Labute approximate surface area is 128 Å². The fourth-order valence-electron chi connectivity index (χ4n) is 2.32. The van der Waals surface area contributed by atoms with Crippen molar-refractivity contribution in [1.82, 2.24) is 9.62 Å². The minimum Gasteiger partial charge on any atom is -0.392 e. The second-order valence-electron chi connectivity index (χ2n) is 5.23. The molecule has 0 radical (unpaired) electrons. The van der Waals surface area contributed by atoms with E-state index in [-0.39, 0.29) is 16.7 Å². The Morgan fingerprint density at radius 1 is 1.57 bits per heavy atom. The predicted octanol–water partition coefficient (Wildman–Crippen LogP) is 0.707. The third kappa shape index (κ3) is 3.63. The highest BCUT2D eigenvalue weighted by Crippen LogP contribution is 2.30. The minimum absolute atomic E-state index is 0.126. The summed E-state index contributed by atoms with van der Waals surface area (Å²) in [6.45, 7) is 3.89. The summed E-state index contributed by atoms with van der Waals surface area (Å²) in [4.78, 5) is 13.0. The SMILES string of the molecule is Cc1ccc(S(=O)(=O)N2CCCC2C(=O)NCC(C)O)s1. The monoisotopic (exact) mass is 332 g/mol. The Hall–Kier alpha value is -0.960. The van der Waals surface area contributed by atoms with Gasteiger partial charge in [-0.25, -0.2) is 8.42 Å². The zero-order chi connectivity index (χ0) is 15.6. The van der Waals surface area contributed by atoms with E-state index in [1.165, 1.54) is 15.6 Å². The van der Waals surface area contributed by atoms with E-state index in [0.29, 0.717) is 19.4 Å². The highest BCUT2D eigenvalue weighted by molar-refractivity contribution is 7.91. The van der Waals surface area contributed by atoms with E-state index < -0.39 is 22.2 Å². The van der Waals surface area contributed by atoms with Gasteiger partial charge in [-0.05, 0) is 38.8 Å². The second-order valence-corrected chi connectivity index (χ2v) is 8.64. The number of aryl methyl sites for hydroxylation is 1. The van der Waals surface area contributed by atoms with Crippen molar-refractivity contribution in [1.29, 1.82) is 0 Å². The number of nitrogens with one attached hydrogen (secondary N) is 1. The van der Waals surface area contributed by atoms with Crippen LogP contribution in [0, 0.1) is 6.92 Å². The van der Waals surface area contributed by atoms with Gasteiger partial charge >= 0.3 is 0 Å². The summed E-state index contributed by atoms with van der Waals surface area (Å²) in [5.74, 6) is -0.342. The van der Waals surface area contributed by atoms with Crippen LogP contribution in [0.4, 0.5) is 0 Å². The van der Waals surface area contributed by atoms with Crippen LogP contribution >= 0.6 is 11.3 Å². The molecular weight excluding hydrogens is 312 g/mol. The van der Waals surface area contributed by atoms with E-state index in [1.807, 2.05) is 6.92 Å². The summed E-state index contributed by atoms with van der Waals surface area (Å²) in [6, 6.07) is 2.66. The number of hydrogen-bond donors (Lipinski definition) is 2. The lowest BCUT2D eigenvalue weighted by atomic mass is 10.2. The molecule has 6 nitrogen and oxygen atoms in total. The third-order valence-electron chi connectivity index (χ3n) is 3.36. The van der Waals surface area contributed by atoms with Gasteiger partial charge in [-0.1, -0.05) is 0 Å². The van der Waals surface area contributed by atoms with Gasteiger partial charge in [-0.2, -0.15) is 4.31 Å². The Balaban J connectivity index is 2.16. The van der Waals surface area contributed by atoms with Crippen LogP contribution in [0.3, 0.4) is 0 Å². The van der Waals surface area contributed by atoms with Crippen LogP contribution in [0.1, 0.15) is 24.6 Å². The molecule has 1 aliphatic heterocycles. The van der Waals surface area contributed by atoms with Gasteiger partial charge in [0.15, 0.2) is 0 Å². The number of aliphatic hydroxyl groups is 1. The number of carbonyl (C=O) groups excluding carboxylic acids is 1. The average Bonchev–Trinajstić information content (AvgIpc) is 3.04. The molecule has 21 heavy (non-hydrogen) atoms. The summed E-state index contributed by atoms with van der Waals surface area (Å²) in [7, 11) is -3.62. The van der Waals surface area contributed by atoms with Crippen molar-refractivity contribution in [3.05, 3.63) is 17.0 Å². The fraction of sp³-hybridized carbons (Fsp3) is 0.615. The lowest BCUT2D eigenvalue weighted by Gasteiger charge is -2.22. The van der Waals surface area contributed by atoms with Crippen LogP contribution in [0.15, 0.2) is 16.3 Å². The van der Waals surface area contributed by atoms with Crippen molar-refractivity contribution in [3.8, 4) is 0 Å². The quantitative estimate of drug-likeness (QED) is 0.831. The largest absolute Gasteiger partial charge is 0.392 e. The maximum absolute atomic E-state index is 12.6. The highest BCUT2D eigenvalue weighted by atomic mass is 32.2. The molecule has 1 fully saturated rings. The van der Waals surface area contributed by atoms with Gasteiger partial charge in [0.25, 0.3) is 10.0 Å². The molecule has 0 aliphatic carbocycles. The number of nitrogens with zero attached hydrogens (tertiary/aromatic N) is 1. The van der Waals surface area contributed by atoms with Crippen LogP contribution in [0.25, 0.3) is 0 Å². The van der Waals surface area contributed by atoms with E-state index in [4.69, 9.17) is 0 Å². The highest BCUT2D eigenvalue weighted by Gasteiger charge is 2.39. The topological polar surface area (TPSA) is 86.7 Å². The Morgan fingerprint density at radius 3 is 2.86 bits per heavy atom. The summed E-state index contributed by atoms with van der Waals surface area (Å²) in [6.07, 6.45) is 0.520. The molecule has 1 aliphatic rings. The average molecular weight is 332 g/mol. The molecule has 1 aromatic rings. The summed E-state index contributed by atoms with van der Waals surface area (Å²) >= 11 is 1.21. The van der Waals surface area contributed by atoms with E-state index in [0.717, 1.165) is 4.88 Å². The van der Waals surface area contributed by atoms with Gasteiger partial charge in [0, 0.05) is 18.0 Å². The number of amides is 1. The van der Waals surface area contributed by atoms with E-state index in [2.05, 4.69) is 5.32 Å². The molecule has 1 aromatic heterocycles. The first-order valence-corrected chi connectivity index (χ1v) is 9.12. The zero-order valence-corrected chi connectivity index (χ0v) is 13.7. The molecule has 2 rings (SSSR count). The van der Waals surface area contributed by atoms with E-state index in [1.54, 1.807) is 19.1 Å². The molecule has 0 saturated carbocycles.